The van der Waals surface area contributed by atoms with Gasteiger partial charge in [-0.2, -0.15) is 0 Å². The number of alkyl halides is 2. The Morgan fingerprint density at radius 2 is 1.03 bits per heavy atom. The molecule has 0 saturated carbocycles. The van der Waals surface area contributed by atoms with E-state index in [1.807, 2.05) is 109 Å². The van der Waals surface area contributed by atoms with Gasteiger partial charge in [0, 0.05) is 113 Å². The molecule has 91 heavy (non-hydrogen) atoms. The van der Waals surface area contributed by atoms with E-state index in [4.69, 9.17) is 18.9 Å². The van der Waals surface area contributed by atoms with E-state index in [1.54, 1.807) is 18.3 Å². The Balaban J connectivity index is 0.000000187. The predicted octanol–water partition coefficient (Wildman–Crippen LogP) is 10.6. The number of fused-ring (bicyclic) bond motifs is 4. The van der Waals surface area contributed by atoms with Crippen LogP contribution in [-0.4, -0.2) is 146 Å². The monoisotopic (exact) mass is 1230 g/mol. The second-order valence-electron chi connectivity index (χ2n) is 21.7. The van der Waals surface area contributed by atoms with Crippen LogP contribution >= 0.6 is 0 Å². The lowest BCUT2D eigenvalue weighted by Gasteiger charge is -2.26. The smallest absolute Gasteiger partial charge is 0.266 e. The number of carbonyl (C=O) groups is 3. The molecule has 2 aliphatic heterocycles. The van der Waals surface area contributed by atoms with Crippen LogP contribution in [0.5, 0.6) is 11.8 Å². The summed E-state index contributed by atoms with van der Waals surface area (Å²) >= 11 is 0. The maximum absolute atomic E-state index is 14.4. The Labute approximate surface area is 522 Å². The largest absolute Gasteiger partial charge is 0.474 e. The van der Waals surface area contributed by atoms with E-state index < -0.39 is 17.7 Å². The lowest BCUT2D eigenvalue weighted by molar-refractivity contribution is -0.117. The van der Waals surface area contributed by atoms with Gasteiger partial charge in [0.2, 0.25) is 17.7 Å². The highest BCUT2D eigenvalue weighted by atomic mass is 19.3. The molecule has 2 aliphatic rings. The number of halogens is 2. The minimum atomic E-state index is -3.08. The molecule has 6 aromatic heterocycles. The van der Waals surface area contributed by atoms with E-state index in [1.165, 1.54) is 31.0 Å². The number of rotatable bonds is 25. The number of anilines is 6. The number of unbranched alkanes of at least 4 members (excludes halogenated alkanes) is 1. The van der Waals surface area contributed by atoms with Crippen molar-refractivity contribution in [2.45, 2.75) is 44.8 Å². The number of hydrogen-bond donors (Lipinski definition) is 7. The first-order valence-corrected chi connectivity index (χ1v) is 30.1. The highest BCUT2D eigenvalue weighted by molar-refractivity contribution is 6.04. The number of hydrogen-bond acceptors (Lipinski definition) is 17. The number of ether oxygens (including phenoxy) is 4. The van der Waals surface area contributed by atoms with E-state index in [9.17, 15) is 23.2 Å². The van der Waals surface area contributed by atoms with Crippen molar-refractivity contribution < 1.29 is 42.1 Å². The number of nitrogens with one attached hydrogen (secondary N) is 7. The molecule has 8 heterocycles. The van der Waals surface area contributed by atoms with Gasteiger partial charge in [0.1, 0.15) is 49.1 Å². The topological polar surface area (TPSA) is 264 Å². The summed E-state index contributed by atoms with van der Waals surface area (Å²) < 4.78 is 51.4. The molecular weight excluding hydrogens is 1160 g/mol. The number of amides is 3. The summed E-state index contributed by atoms with van der Waals surface area (Å²) in [4.78, 5) is 74.2. The van der Waals surface area contributed by atoms with Gasteiger partial charge in [0.25, 0.3) is 5.92 Å². The number of carbonyl (C=O) groups excluding carboxylic acids is 3. The lowest BCUT2D eigenvalue weighted by Crippen LogP contribution is -2.38. The average Bonchev–Trinajstić information content (AvgIpc) is 2.37. The van der Waals surface area contributed by atoms with Gasteiger partial charge in [-0.1, -0.05) is 60.7 Å². The van der Waals surface area contributed by atoms with E-state index >= 15 is 0 Å². The summed E-state index contributed by atoms with van der Waals surface area (Å²) in [5.41, 5.74) is 6.78. The van der Waals surface area contributed by atoms with Crippen LogP contribution in [0.2, 0.25) is 0 Å². The molecule has 4 aromatic carbocycles. The summed E-state index contributed by atoms with van der Waals surface area (Å²) in [6.07, 6.45) is 11.4. The van der Waals surface area contributed by atoms with Gasteiger partial charge in [-0.3, -0.25) is 24.2 Å². The number of H-pyrrole nitrogens is 2. The molecule has 24 heteroatoms. The van der Waals surface area contributed by atoms with E-state index in [0.717, 1.165) is 109 Å². The Kier molecular flexibility index (Phi) is 21.1. The third-order valence-corrected chi connectivity index (χ3v) is 15.0. The first-order chi connectivity index (χ1) is 44.5. The Morgan fingerprint density at radius 3 is 1.55 bits per heavy atom. The zero-order valence-electron chi connectivity index (χ0n) is 49.9. The van der Waals surface area contributed by atoms with Gasteiger partial charge in [-0.05, 0) is 98.1 Å². The number of benzene rings is 4. The maximum Gasteiger partial charge on any atom is 0.266 e. The van der Waals surface area contributed by atoms with Crippen LogP contribution in [0.4, 0.5) is 43.4 Å². The summed E-state index contributed by atoms with van der Waals surface area (Å²) in [7, 11) is 0. The summed E-state index contributed by atoms with van der Waals surface area (Å²) in [5.74, 6) is -1.69. The number of nitrogens with zero attached hydrogens (tertiary/aromatic N) is 8. The van der Waals surface area contributed by atoms with Crippen molar-refractivity contribution in [2.24, 2.45) is 0 Å². The third kappa shape index (κ3) is 18.4. The molecule has 0 radical (unpaired) electrons. The number of aromatic nitrogens is 8. The molecule has 2 saturated heterocycles. The molecule has 3 amide bonds. The first-order valence-electron chi connectivity index (χ1n) is 30.1. The van der Waals surface area contributed by atoms with Gasteiger partial charge < -0.3 is 55.5 Å². The van der Waals surface area contributed by atoms with Gasteiger partial charge in [0.15, 0.2) is 11.8 Å². The fraction of sp³-hybridized carbons (Fsp3) is 0.269. The van der Waals surface area contributed by atoms with Crippen molar-refractivity contribution in [3.8, 4) is 11.8 Å². The van der Waals surface area contributed by atoms with E-state index in [0.29, 0.717) is 103 Å². The second-order valence-corrected chi connectivity index (χ2v) is 21.7. The van der Waals surface area contributed by atoms with Gasteiger partial charge >= 0.3 is 0 Å². The molecule has 10 aromatic rings. The first kappa shape index (κ1) is 62.3. The van der Waals surface area contributed by atoms with Crippen LogP contribution in [-0.2, 0) is 37.1 Å². The van der Waals surface area contributed by atoms with Crippen LogP contribution in [0.25, 0.3) is 43.6 Å². The minimum Gasteiger partial charge on any atom is -0.474 e. The van der Waals surface area contributed by atoms with E-state index in [-0.39, 0.29) is 18.1 Å². The molecule has 0 unspecified atom stereocenters. The van der Waals surface area contributed by atoms with Crippen LogP contribution in [0.3, 0.4) is 0 Å². The fourth-order valence-electron chi connectivity index (χ4n) is 10.2. The van der Waals surface area contributed by atoms with Crippen LogP contribution in [0, 0.1) is 0 Å². The third-order valence-electron chi connectivity index (χ3n) is 15.0. The fourth-order valence-corrected chi connectivity index (χ4v) is 10.2. The van der Waals surface area contributed by atoms with Crippen molar-refractivity contribution in [3.05, 3.63) is 182 Å². The normalized spacial score (nSPS) is 14.0. The SMILES string of the molecule is O=C(/C=C/C(=O)Nc1cc2c(Nc3ccc4[nH]c(OCc5ccccc5)cc4c3)ncnc2cn1)NCCCN1CCOCC1.O=C(/C=C/C(F)(F)CCCCN1CCOCC1)Nc1cc2c(Nc3ccc4[nH]c(OCc5ccccc5)cc4c3)ncnc2cn1. The van der Waals surface area contributed by atoms with Crippen LogP contribution in [0.1, 0.15) is 36.8 Å². The molecule has 12 rings (SSSR count). The molecule has 22 nitrogen and oxygen atoms in total. The van der Waals surface area contributed by atoms with Gasteiger partial charge in [-0.25, -0.2) is 38.7 Å². The van der Waals surface area contributed by atoms with Gasteiger partial charge in [0.05, 0.1) is 49.9 Å². The molecule has 0 atom stereocenters. The molecule has 2 fully saturated rings. The number of pyridine rings is 2. The van der Waals surface area contributed by atoms with Crippen molar-refractivity contribution >= 4 is 96.0 Å². The number of allylic oxidation sites excluding steroid dienone is 1. The zero-order chi connectivity index (χ0) is 62.6. The van der Waals surface area contributed by atoms with Gasteiger partial charge in [-0.15, -0.1) is 0 Å². The quantitative estimate of drug-likeness (QED) is 0.0207. The highest BCUT2D eigenvalue weighted by Crippen LogP contribution is 2.31. The van der Waals surface area contributed by atoms with Crippen molar-refractivity contribution in [1.82, 2.24) is 55.0 Å². The Bertz CT molecular complexity index is 4140. The molecule has 0 bridgehead atoms. The van der Waals surface area contributed by atoms with Crippen molar-refractivity contribution in [2.75, 3.05) is 93.5 Å². The zero-order valence-corrected chi connectivity index (χ0v) is 49.9. The Morgan fingerprint density at radius 1 is 0.549 bits per heavy atom. The van der Waals surface area contributed by atoms with Crippen molar-refractivity contribution in [3.63, 3.8) is 0 Å². The molecule has 0 spiro atoms. The molecule has 468 valence electrons. The summed E-state index contributed by atoms with van der Waals surface area (Å²) in [5, 5.41) is 17.9. The number of aromatic amines is 2. The predicted molar refractivity (Wildman–Crippen MR) is 346 cm³/mol. The molecular formula is C67H69F2N15O7. The van der Waals surface area contributed by atoms with Crippen LogP contribution < -0.4 is 36.1 Å². The lowest BCUT2D eigenvalue weighted by atomic mass is 10.1. The summed E-state index contributed by atoms with van der Waals surface area (Å²) in [6.45, 7) is 9.47. The average molecular weight is 1230 g/mol. The highest BCUT2D eigenvalue weighted by Gasteiger charge is 2.25. The summed E-state index contributed by atoms with van der Waals surface area (Å²) in [6, 6.07) is 38.8. The molecule has 7 N–H and O–H groups in total. The van der Waals surface area contributed by atoms with Crippen molar-refractivity contribution in [1.29, 1.82) is 0 Å². The van der Waals surface area contributed by atoms with E-state index in [2.05, 4.69) is 76.3 Å². The second kappa shape index (κ2) is 30.8. The standard InChI is InChI=1S/C34H35F2N7O3.C33H34N8O4/c35-34(36,11-4-5-13-43-14-16-45-17-15-43)12-10-31(44)42-30-20-27-29(21-37-30)38-23-39-33(27)40-26-8-9-28-25(18-26)19-32(41-28)46-22-24-6-2-1-3-7-24;42-30(34-11-4-12-41-13-15-44-16-14-41)9-10-31(43)40-29-19-26-28(20-35-29)36-22-37-33(26)38-25-7-8-27-24(17-25)18-32(39-27)45-21-23-5-2-1-3-6-23/h1-3,6-10,12,18-21,23,41H,4-5,11,13-17,22H2,(H,37,42,44)(H,38,39,40);1-3,5-10,17-20,22,39H,4,11-16,21H2,(H,34,42)(H,35,40,43)(H,36,37,38)/b12-10+;10-9+. The maximum atomic E-state index is 14.4. The Hall–Kier alpha value is -10.3. The van der Waals surface area contributed by atoms with Crippen LogP contribution in [0.15, 0.2) is 171 Å². The molecule has 0 aliphatic carbocycles. The minimum absolute atomic E-state index is 0.190. The number of morpholine rings is 2.